The molecule has 0 saturated heterocycles. The van der Waals surface area contributed by atoms with Crippen molar-refractivity contribution in [1.82, 2.24) is 5.32 Å². The summed E-state index contributed by atoms with van der Waals surface area (Å²) in [6, 6.07) is 6.12. The SMILES string of the molecule is CCCCCCCC(=O)CCCCCC/C=C/[C@H](C(=O)N[C@@H](Cc1ccc(OCCC(C)C)cc1)C(=O)OC)[C@@](O)(CCC)C(=O)O. The number of nitrogens with one attached hydrogen (secondary N) is 1. The smallest absolute Gasteiger partial charge is 0.336 e. The van der Waals surface area contributed by atoms with E-state index in [1.807, 2.05) is 0 Å². The van der Waals surface area contributed by atoms with Crippen LogP contribution >= 0.6 is 0 Å². The lowest BCUT2D eigenvalue weighted by atomic mass is 9.82. The number of ketones is 1. The maximum absolute atomic E-state index is 13.6. The van der Waals surface area contributed by atoms with Gasteiger partial charge in [-0.15, -0.1) is 0 Å². The van der Waals surface area contributed by atoms with Gasteiger partial charge in [0.1, 0.15) is 17.6 Å². The average molecular weight is 660 g/mol. The van der Waals surface area contributed by atoms with Crippen molar-refractivity contribution in [2.75, 3.05) is 13.7 Å². The van der Waals surface area contributed by atoms with Crippen molar-refractivity contribution in [2.24, 2.45) is 11.8 Å². The Labute approximate surface area is 282 Å². The number of amides is 1. The second kappa shape index (κ2) is 24.0. The number of carboxylic acids is 1. The van der Waals surface area contributed by atoms with Crippen LogP contribution in [0.4, 0.5) is 0 Å². The van der Waals surface area contributed by atoms with Gasteiger partial charge in [0.2, 0.25) is 5.91 Å². The molecule has 3 N–H and O–H groups in total. The van der Waals surface area contributed by atoms with E-state index < -0.39 is 35.4 Å². The number of carbonyl (C=O) groups excluding carboxylic acids is 3. The lowest BCUT2D eigenvalue weighted by Gasteiger charge is -2.30. The molecule has 0 radical (unpaired) electrons. The minimum Gasteiger partial charge on any atom is -0.494 e. The molecule has 0 fully saturated rings. The molecule has 0 spiro atoms. The third kappa shape index (κ3) is 17.0. The Balaban J connectivity index is 2.82. The van der Waals surface area contributed by atoms with Gasteiger partial charge in [0, 0.05) is 19.3 Å². The van der Waals surface area contributed by atoms with Crippen molar-refractivity contribution < 1.29 is 38.9 Å². The summed E-state index contributed by atoms with van der Waals surface area (Å²) in [6.45, 7) is 8.75. The molecule has 9 heteroatoms. The topological polar surface area (TPSA) is 139 Å². The minimum absolute atomic E-state index is 0.113. The Morgan fingerprint density at radius 2 is 1.51 bits per heavy atom. The predicted octanol–water partition coefficient (Wildman–Crippen LogP) is 7.37. The van der Waals surface area contributed by atoms with Gasteiger partial charge >= 0.3 is 11.9 Å². The second-order valence-electron chi connectivity index (χ2n) is 13.0. The molecule has 1 aromatic rings. The van der Waals surface area contributed by atoms with Crippen LogP contribution in [0.2, 0.25) is 0 Å². The van der Waals surface area contributed by atoms with E-state index in [0.29, 0.717) is 49.7 Å². The number of esters is 1. The van der Waals surface area contributed by atoms with E-state index in [0.717, 1.165) is 50.5 Å². The van der Waals surface area contributed by atoms with Gasteiger partial charge in [0.25, 0.3) is 0 Å². The lowest BCUT2D eigenvalue weighted by molar-refractivity contribution is -0.167. The standard InChI is InChI=1S/C38H61NO8/c1-6-8-9-12-15-18-31(40)19-16-13-10-11-14-17-20-33(38(45,26-7-2)37(43)44)35(41)39-34(36(42)46-5)28-30-21-23-32(24-22-30)47-27-25-29(3)4/h17,20-24,29,33-34,45H,6-16,18-19,25-28H2,1-5H3,(H,39,41)(H,43,44)/b20-17+/t33-,34+,38+/m1/s1. The summed E-state index contributed by atoms with van der Waals surface area (Å²) >= 11 is 0. The summed E-state index contributed by atoms with van der Waals surface area (Å²) in [4.78, 5) is 50.6. The fourth-order valence-electron chi connectivity index (χ4n) is 5.43. The molecule has 1 rings (SSSR count). The van der Waals surface area contributed by atoms with Gasteiger partial charge in [-0.2, -0.15) is 0 Å². The Bertz CT molecular complexity index is 1080. The summed E-state index contributed by atoms with van der Waals surface area (Å²) in [7, 11) is 1.22. The Morgan fingerprint density at radius 1 is 0.894 bits per heavy atom. The molecule has 3 atom stereocenters. The lowest BCUT2D eigenvalue weighted by Crippen LogP contribution is -2.54. The third-order valence-corrected chi connectivity index (χ3v) is 8.39. The number of unbranched alkanes of at least 4 members (excludes halogenated alkanes) is 8. The zero-order valence-corrected chi connectivity index (χ0v) is 29.6. The fraction of sp³-hybridized carbons (Fsp3) is 0.684. The maximum atomic E-state index is 13.6. The van der Waals surface area contributed by atoms with E-state index in [1.165, 1.54) is 32.4 Å². The zero-order valence-electron chi connectivity index (χ0n) is 29.6. The number of methoxy groups -OCH3 is 1. The van der Waals surface area contributed by atoms with E-state index in [2.05, 4.69) is 26.1 Å². The molecule has 1 amide bonds. The van der Waals surface area contributed by atoms with Crippen LogP contribution < -0.4 is 10.1 Å². The molecule has 0 aliphatic carbocycles. The van der Waals surface area contributed by atoms with E-state index in [1.54, 1.807) is 37.3 Å². The first-order valence-electron chi connectivity index (χ1n) is 17.7. The number of hydrogen-bond acceptors (Lipinski definition) is 7. The third-order valence-electron chi connectivity index (χ3n) is 8.39. The summed E-state index contributed by atoms with van der Waals surface area (Å²) < 4.78 is 10.7. The van der Waals surface area contributed by atoms with Crippen LogP contribution in [0.15, 0.2) is 36.4 Å². The molecular weight excluding hydrogens is 598 g/mol. The summed E-state index contributed by atoms with van der Waals surface area (Å²) in [5.74, 6) is -2.81. The quantitative estimate of drug-likeness (QED) is 0.0506. The van der Waals surface area contributed by atoms with Crippen molar-refractivity contribution in [2.45, 2.75) is 142 Å². The van der Waals surface area contributed by atoms with Crippen molar-refractivity contribution in [1.29, 1.82) is 0 Å². The number of carbonyl (C=O) groups is 4. The fourth-order valence-corrected chi connectivity index (χ4v) is 5.43. The largest absolute Gasteiger partial charge is 0.494 e. The molecule has 0 bridgehead atoms. The van der Waals surface area contributed by atoms with Crippen LogP contribution in [-0.4, -0.2) is 59.2 Å². The van der Waals surface area contributed by atoms with Crippen LogP contribution in [0.1, 0.15) is 130 Å². The molecule has 266 valence electrons. The van der Waals surface area contributed by atoms with Crippen LogP contribution in [0.5, 0.6) is 5.75 Å². The molecular formula is C38H61NO8. The number of ether oxygens (including phenoxy) is 2. The van der Waals surface area contributed by atoms with Gasteiger partial charge < -0.3 is 25.0 Å². The van der Waals surface area contributed by atoms with E-state index in [4.69, 9.17) is 9.47 Å². The number of allylic oxidation sites excluding steroid dienone is 1. The molecule has 47 heavy (non-hydrogen) atoms. The number of aliphatic hydroxyl groups is 1. The Hall–Kier alpha value is -3.20. The van der Waals surface area contributed by atoms with Crippen LogP contribution in [0.3, 0.4) is 0 Å². The van der Waals surface area contributed by atoms with Crippen molar-refractivity contribution >= 4 is 23.6 Å². The van der Waals surface area contributed by atoms with Crippen molar-refractivity contribution in [3.05, 3.63) is 42.0 Å². The van der Waals surface area contributed by atoms with Gasteiger partial charge in [-0.1, -0.05) is 96.9 Å². The first kappa shape index (κ1) is 41.8. The molecule has 9 nitrogen and oxygen atoms in total. The number of rotatable bonds is 27. The van der Waals surface area contributed by atoms with Crippen LogP contribution in [0, 0.1) is 11.8 Å². The van der Waals surface area contributed by atoms with Gasteiger partial charge in [-0.3, -0.25) is 9.59 Å². The molecule has 0 heterocycles. The van der Waals surface area contributed by atoms with Gasteiger partial charge in [-0.25, -0.2) is 9.59 Å². The van der Waals surface area contributed by atoms with Crippen molar-refractivity contribution in [3.8, 4) is 5.75 Å². The second-order valence-corrected chi connectivity index (χ2v) is 13.0. The highest BCUT2D eigenvalue weighted by Crippen LogP contribution is 2.27. The molecule has 0 unspecified atom stereocenters. The summed E-state index contributed by atoms with van der Waals surface area (Å²) in [5, 5.41) is 23.8. The number of benzene rings is 1. The summed E-state index contributed by atoms with van der Waals surface area (Å²) in [6.07, 6.45) is 15.4. The predicted molar refractivity (Wildman–Crippen MR) is 185 cm³/mol. The molecule has 0 aliphatic heterocycles. The van der Waals surface area contributed by atoms with Crippen molar-refractivity contribution in [3.63, 3.8) is 0 Å². The molecule has 0 aliphatic rings. The highest BCUT2D eigenvalue weighted by molar-refractivity contribution is 5.92. The first-order chi connectivity index (χ1) is 22.5. The van der Waals surface area contributed by atoms with Crippen LogP contribution in [-0.2, 0) is 30.3 Å². The highest BCUT2D eigenvalue weighted by Gasteiger charge is 2.46. The van der Waals surface area contributed by atoms with E-state index in [-0.39, 0.29) is 12.8 Å². The summed E-state index contributed by atoms with van der Waals surface area (Å²) in [5.41, 5.74) is -1.60. The highest BCUT2D eigenvalue weighted by atomic mass is 16.5. The van der Waals surface area contributed by atoms with Gasteiger partial charge in [0.15, 0.2) is 5.60 Å². The minimum atomic E-state index is -2.35. The maximum Gasteiger partial charge on any atom is 0.336 e. The monoisotopic (exact) mass is 659 g/mol. The average Bonchev–Trinajstić information content (AvgIpc) is 3.03. The van der Waals surface area contributed by atoms with Gasteiger partial charge in [-0.05, 0) is 62.1 Å². The van der Waals surface area contributed by atoms with Crippen LogP contribution in [0.25, 0.3) is 0 Å². The molecule has 0 aromatic heterocycles. The Kier molecular flexibility index (Phi) is 21.4. The number of hydrogen-bond donors (Lipinski definition) is 3. The molecule has 0 saturated carbocycles. The first-order valence-corrected chi connectivity index (χ1v) is 17.7. The Morgan fingerprint density at radius 3 is 2.06 bits per heavy atom. The van der Waals surface area contributed by atoms with E-state index >= 15 is 0 Å². The normalized spacial score (nSPS) is 14.0. The number of carboxylic acid groups (broad SMARTS) is 1. The van der Waals surface area contributed by atoms with Gasteiger partial charge in [0.05, 0.1) is 19.6 Å². The molecule has 1 aromatic carbocycles. The number of Topliss-reactive ketones (excluding diaryl/α,β-unsaturated/α-hetero) is 1. The zero-order chi connectivity index (χ0) is 35.1. The number of aliphatic carboxylic acids is 1. The van der Waals surface area contributed by atoms with E-state index in [9.17, 15) is 29.4 Å².